The monoisotopic (exact) mass is 767 g/mol. The second kappa shape index (κ2) is 25.5. The van der Waals surface area contributed by atoms with Gasteiger partial charge in [0.1, 0.15) is 0 Å². The maximum absolute atomic E-state index is 15.1. The van der Waals surface area contributed by atoms with Gasteiger partial charge < -0.3 is 9.80 Å². The van der Waals surface area contributed by atoms with Gasteiger partial charge in [-0.3, -0.25) is 9.59 Å². The highest BCUT2D eigenvalue weighted by molar-refractivity contribution is 6.49. The minimum absolute atomic E-state index is 0.0358. The van der Waals surface area contributed by atoms with Gasteiger partial charge in [0.05, 0.1) is 22.5 Å². The van der Waals surface area contributed by atoms with Crippen molar-refractivity contribution < 1.29 is 9.59 Å². The first-order valence-corrected chi connectivity index (χ1v) is 24.1. The van der Waals surface area contributed by atoms with Crippen LogP contribution >= 0.6 is 0 Å². The summed E-state index contributed by atoms with van der Waals surface area (Å²) < 4.78 is 0. The highest BCUT2D eigenvalue weighted by Crippen LogP contribution is 2.48. The summed E-state index contributed by atoms with van der Waals surface area (Å²) in [4.78, 5) is 34.3. The van der Waals surface area contributed by atoms with Crippen LogP contribution in [0.15, 0.2) is 36.4 Å². The van der Waals surface area contributed by atoms with Crippen molar-refractivity contribution in [3.63, 3.8) is 0 Å². The van der Waals surface area contributed by atoms with Gasteiger partial charge in [0, 0.05) is 24.2 Å². The van der Waals surface area contributed by atoms with E-state index in [1.165, 1.54) is 165 Å². The molecule has 2 aromatic rings. The number of carbonyl (C=O) groups excluding carboxylic acids is 2. The van der Waals surface area contributed by atoms with Crippen molar-refractivity contribution >= 4 is 34.3 Å². The Morgan fingerprint density at radius 3 is 1.04 bits per heavy atom. The van der Waals surface area contributed by atoms with Gasteiger partial charge in [0.15, 0.2) is 0 Å². The van der Waals surface area contributed by atoms with Crippen LogP contribution in [-0.2, 0) is 22.4 Å². The fourth-order valence-electron chi connectivity index (χ4n) is 9.35. The summed E-state index contributed by atoms with van der Waals surface area (Å²) in [6, 6.07) is 13.2. The molecule has 0 spiro atoms. The molecular weight excluding hydrogens is 685 g/mol. The number of hydrogen-bond donors (Lipinski definition) is 0. The van der Waals surface area contributed by atoms with E-state index in [4.69, 9.17) is 0 Å². The molecule has 2 atom stereocenters. The summed E-state index contributed by atoms with van der Waals surface area (Å²) in [6.45, 7) is 15.0. The zero-order valence-corrected chi connectivity index (χ0v) is 37.1. The lowest BCUT2D eigenvalue weighted by Gasteiger charge is -2.25. The smallest absolute Gasteiger partial charge is 0.259 e. The fraction of sp³-hybridized carbons (Fsp3) is 0.692. The number of rotatable bonds is 30. The van der Waals surface area contributed by atoms with E-state index in [2.05, 4.69) is 87.7 Å². The summed E-state index contributed by atoms with van der Waals surface area (Å²) in [5.41, 5.74) is 7.72. The molecule has 0 saturated heterocycles. The summed E-state index contributed by atoms with van der Waals surface area (Å²) in [6.07, 6.45) is 32.1. The number of unbranched alkanes of at least 4 members (excludes halogenated alkanes) is 16. The van der Waals surface area contributed by atoms with E-state index < -0.39 is 0 Å². The van der Waals surface area contributed by atoms with E-state index in [1.54, 1.807) is 0 Å². The molecule has 0 bridgehead atoms. The Labute approximate surface area is 344 Å². The third kappa shape index (κ3) is 13.1. The van der Waals surface area contributed by atoms with Crippen molar-refractivity contribution in [2.45, 2.75) is 208 Å². The summed E-state index contributed by atoms with van der Waals surface area (Å²) in [5.74, 6) is 1.01. The number of benzene rings is 2. The van der Waals surface area contributed by atoms with Crippen molar-refractivity contribution in [1.82, 2.24) is 0 Å². The number of hydrogen-bond acceptors (Lipinski definition) is 2. The van der Waals surface area contributed by atoms with E-state index in [1.807, 2.05) is 0 Å². The summed E-state index contributed by atoms with van der Waals surface area (Å²) in [7, 11) is 0. The van der Waals surface area contributed by atoms with Crippen LogP contribution in [0.25, 0.3) is 11.1 Å². The number of amides is 2. The molecule has 0 saturated carbocycles. The molecule has 2 aliphatic heterocycles. The molecule has 2 amide bonds. The number of carbonyl (C=O) groups is 2. The zero-order valence-electron chi connectivity index (χ0n) is 37.1. The SMILES string of the molecule is CCCCCCCCC(CCCCCC)CN1C(=O)C(=C2C(=O)N(CC(CCCCCC)CCCCCCCC)c3cc(CC)ccc32)c2ccc(CC)cc21. The molecule has 2 aromatic carbocycles. The van der Waals surface area contributed by atoms with Crippen molar-refractivity contribution in [2.24, 2.45) is 11.8 Å². The Hall–Kier alpha value is -2.88. The fourth-order valence-corrected chi connectivity index (χ4v) is 9.35. The molecular formula is C52H82N2O2. The molecule has 0 radical (unpaired) electrons. The average molecular weight is 767 g/mol. The van der Waals surface area contributed by atoms with Crippen LogP contribution in [0.4, 0.5) is 11.4 Å². The molecule has 56 heavy (non-hydrogen) atoms. The number of anilines is 2. The molecule has 0 aromatic heterocycles. The highest BCUT2D eigenvalue weighted by Gasteiger charge is 2.43. The Morgan fingerprint density at radius 1 is 0.411 bits per heavy atom. The second-order valence-corrected chi connectivity index (χ2v) is 17.5. The van der Waals surface area contributed by atoms with Gasteiger partial charge >= 0.3 is 0 Å². The molecule has 2 heterocycles. The third-order valence-corrected chi connectivity index (χ3v) is 13.0. The molecule has 2 aliphatic rings. The lowest BCUT2D eigenvalue weighted by Crippen LogP contribution is -2.34. The molecule has 4 heteroatoms. The standard InChI is InChI=1S/C52H82N2O2/c1-7-13-17-21-23-27-31-43(29-25-19-15-9-3)39-53-47-37-41(11-5)33-35-45(47)49(51(53)55)50-46-36-34-42(12-6)38-48(46)54(52(50)56)40-44(30-26-20-16-10-4)32-28-24-22-18-14-8-2/h33-38,43-44H,7-32,39-40H2,1-6H3. The third-order valence-electron chi connectivity index (χ3n) is 13.0. The predicted molar refractivity (Wildman–Crippen MR) is 244 cm³/mol. The summed E-state index contributed by atoms with van der Waals surface area (Å²) in [5, 5.41) is 0. The molecule has 0 fully saturated rings. The maximum atomic E-state index is 15.1. The number of aryl methyl sites for hydroxylation is 2. The first-order valence-electron chi connectivity index (χ1n) is 24.1. The largest absolute Gasteiger partial charge is 0.307 e. The Morgan fingerprint density at radius 2 is 0.714 bits per heavy atom. The predicted octanol–water partition coefficient (Wildman–Crippen LogP) is 15.1. The van der Waals surface area contributed by atoms with Crippen molar-refractivity contribution in [2.75, 3.05) is 22.9 Å². The van der Waals surface area contributed by atoms with E-state index in [0.29, 0.717) is 23.0 Å². The normalized spacial score (nSPS) is 16.2. The Bertz CT molecular complexity index is 1390. The molecule has 2 unspecified atom stereocenters. The molecule has 0 aliphatic carbocycles. The van der Waals surface area contributed by atoms with E-state index >= 15 is 9.59 Å². The van der Waals surface area contributed by atoms with Gasteiger partial charge in [-0.2, -0.15) is 0 Å². The van der Waals surface area contributed by atoms with Crippen LogP contribution in [0.5, 0.6) is 0 Å². The zero-order chi connectivity index (χ0) is 40.1. The van der Waals surface area contributed by atoms with E-state index in [0.717, 1.165) is 48.4 Å². The van der Waals surface area contributed by atoms with Crippen molar-refractivity contribution in [3.05, 3.63) is 58.7 Å². The van der Waals surface area contributed by atoms with Gasteiger partial charge in [0.2, 0.25) is 0 Å². The van der Waals surface area contributed by atoms with Gasteiger partial charge in [-0.15, -0.1) is 0 Å². The quantitative estimate of drug-likeness (QED) is 0.0587. The minimum atomic E-state index is 0.0358. The van der Waals surface area contributed by atoms with Gasteiger partial charge in [-0.05, 0) is 73.6 Å². The molecule has 4 nitrogen and oxygen atoms in total. The van der Waals surface area contributed by atoms with E-state index in [9.17, 15) is 0 Å². The topological polar surface area (TPSA) is 40.6 Å². The van der Waals surface area contributed by atoms with Crippen LogP contribution < -0.4 is 9.80 Å². The van der Waals surface area contributed by atoms with Gasteiger partial charge in [-0.25, -0.2) is 0 Å². The van der Waals surface area contributed by atoms with Crippen molar-refractivity contribution in [1.29, 1.82) is 0 Å². The van der Waals surface area contributed by atoms with Crippen LogP contribution in [0, 0.1) is 11.8 Å². The van der Waals surface area contributed by atoms with Gasteiger partial charge in [-0.1, -0.05) is 194 Å². The number of fused-ring (bicyclic) bond motifs is 2. The average Bonchev–Trinajstić information content (AvgIpc) is 3.63. The molecule has 0 N–H and O–H groups in total. The molecule has 4 rings (SSSR count). The van der Waals surface area contributed by atoms with Crippen LogP contribution in [0.2, 0.25) is 0 Å². The van der Waals surface area contributed by atoms with Crippen LogP contribution in [0.3, 0.4) is 0 Å². The van der Waals surface area contributed by atoms with Crippen LogP contribution in [-0.4, -0.2) is 24.9 Å². The van der Waals surface area contributed by atoms with Crippen LogP contribution in [0.1, 0.15) is 218 Å². The Kier molecular flexibility index (Phi) is 20.8. The number of nitrogens with zero attached hydrogens (tertiary/aromatic N) is 2. The second-order valence-electron chi connectivity index (χ2n) is 17.5. The van der Waals surface area contributed by atoms with Gasteiger partial charge in [0.25, 0.3) is 11.8 Å². The minimum Gasteiger partial charge on any atom is -0.307 e. The van der Waals surface area contributed by atoms with E-state index in [-0.39, 0.29) is 11.8 Å². The Balaban J connectivity index is 1.68. The lowest BCUT2D eigenvalue weighted by molar-refractivity contribution is -0.114. The van der Waals surface area contributed by atoms with Crippen molar-refractivity contribution in [3.8, 4) is 0 Å². The lowest BCUT2D eigenvalue weighted by atomic mass is 9.93. The maximum Gasteiger partial charge on any atom is 0.259 e. The highest BCUT2D eigenvalue weighted by atomic mass is 16.2. The first kappa shape index (κ1) is 45.8. The summed E-state index contributed by atoms with van der Waals surface area (Å²) >= 11 is 0. The first-order chi connectivity index (χ1) is 27.4. The molecule has 312 valence electrons.